The Kier molecular flexibility index (Phi) is 3.53. The van der Waals surface area contributed by atoms with E-state index < -0.39 is 53.0 Å². The Balaban J connectivity index is 3.31. The van der Waals surface area contributed by atoms with Gasteiger partial charge in [0.1, 0.15) is 11.5 Å². The summed E-state index contributed by atoms with van der Waals surface area (Å²) < 4.78 is 0. The molecule has 8 nitrogen and oxygen atoms in total. The van der Waals surface area contributed by atoms with E-state index in [1.807, 2.05) is 0 Å². The van der Waals surface area contributed by atoms with E-state index in [-0.39, 0.29) is 0 Å². The van der Waals surface area contributed by atoms with E-state index in [2.05, 4.69) is 0 Å². The number of ketones is 2. The highest BCUT2D eigenvalue weighted by Crippen LogP contribution is 2.30. The fourth-order valence-electron chi connectivity index (χ4n) is 1.62. The maximum Gasteiger partial charge on any atom is 0.304 e. The summed E-state index contributed by atoms with van der Waals surface area (Å²) in [4.78, 5) is 44.0. The Morgan fingerprint density at radius 3 is 2.33 bits per heavy atom. The molecule has 0 heterocycles. The molecular formula is C10H9NO7. The fraction of sp³-hybridized carbons (Fsp3) is 0.300. The largest absolute Gasteiger partial charge is 0.509 e. The molecule has 0 saturated heterocycles. The van der Waals surface area contributed by atoms with Crippen molar-refractivity contribution in [3.05, 3.63) is 17.2 Å². The first-order valence-corrected chi connectivity index (χ1v) is 4.73. The molecular weight excluding hydrogens is 246 g/mol. The summed E-state index contributed by atoms with van der Waals surface area (Å²) >= 11 is 0. The van der Waals surface area contributed by atoms with Gasteiger partial charge in [-0.3, -0.25) is 14.4 Å². The van der Waals surface area contributed by atoms with Crippen molar-refractivity contribution in [2.75, 3.05) is 0 Å². The topological polar surface area (TPSA) is 155 Å². The third-order valence-corrected chi connectivity index (χ3v) is 2.52. The van der Waals surface area contributed by atoms with E-state index in [1.54, 1.807) is 0 Å². The van der Waals surface area contributed by atoms with Gasteiger partial charge < -0.3 is 21.1 Å². The number of allylic oxidation sites excluding steroid dienone is 3. The zero-order chi connectivity index (χ0) is 14.0. The molecule has 0 saturated carbocycles. The molecule has 2 unspecified atom stereocenters. The first kappa shape index (κ1) is 13.5. The SMILES string of the molecule is NC1=C(O)C(CC(=O)O)C(=O)C(C(O)=C=O)C1=O. The van der Waals surface area contributed by atoms with E-state index in [4.69, 9.17) is 15.9 Å². The molecule has 18 heavy (non-hydrogen) atoms. The molecule has 8 heteroatoms. The number of carbonyl (C=O) groups is 3. The minimum atomic E-state index is -1.90. The molecule has 2 atom stereocenters. The van der Waals surface area contributed by atoms with E-state index in [9.17, 15) is 24.3 Å². The van der Waals surface area contributed by atoms with Gasteiger partial charge in [-0.05, 0) is 0 Å². The number of rotatable bonds is 3. The number of nitrogens with two attached hydrogens (primary N) is 1. The number of carboxylic acid groups (broad SMARTS) is 1. The van der Waals surface area contributed by atoms with Crippen molar-refractivity contribution in [1.82, 2.24) is 0 Å². The molecule has 0 aromatic rings. The number of carbonyl (C=O) groups excluding carboxylic acids is 3. The monoisotopic (exact) mass is 255 g/mol. The van der Waals surface area contributed by atoms with Gasteiger partial charge >= 0.3 is 5.97 Å². The van der Waals surface area contributed by atoms with Crippen LogP contribution in [0.15, 0.2) is 17.2 Å². The van der Waals surface area contributed by atoms with E-state index in [0.29, 0.717) is 0 Å². The van der Waals surface area contributed by atoms with Crippen LogP contribution in [-0.2, 0) is 19.2 Å². The number of hydrogen-bond donors (Lipinski definition) is 4. The Bertz CT molecular complexity index is 512. The van der Waals surface area contributed by atoms with Gasteiger partial charge in [-0.15, -0.1) is 0 Å². The molecule has 1 rings (SSSR count). The van der Waals surface area contributed by atoms with Crippen molar-refractivity contribution < 1.29 is 34.5 Å². The van der Waals surface area contributed by atoms with Crippen molar-refractivity contribution >= 4 is 23.5 Å². The van der Waals surface area contributed by atoms with Crippen LogP contribution < -0.4 is 5.73 Å². The van der Waals surface area contributed by atoms with Crippen molar-refractivity contribution in [3.8, 4) is 0 Å². The van der Waals surface area contributed by atoms with Crippen LogP contribution in [0.2, 0.25) is 0 Å². The van der Waals surface area contributed by atoms with Crippen molar-refractivity contribution in [2.24, 2.45) is 17.6 Å². The quantitative estimate of drug-likeness (QED) is 0.280. The summed E-state index contributed by atoms with van der Waals surface area (Å²) in [7, 11) is 0. The van der Waals surface area contributed by atoms with Gasteiger partial charge in [0.25, 0.3) is 0 Å². The molecule has 0 spiro atoms. The highest BCUT2D eigenvalue weighted by atomic mass is 16.4. The molecule has 0 fully saturated rings. The molecule has 0 aromatic heterocycles. The lowest BCUT2D eigenvalue weighted by Crippen LogP contribution is -2.42. The van der Waals surface area contributed by atoms with Gasteiger partial charge in [0.05, 0.1) is 12.3 Å². The van der Waals surface area contributed by atoms with Crippen molar-refractivity contribution in [1.29, 1.82) is 0 Å². The predicted molar refractivity (Wildman–Crippen MR) is 54.9 cm³/mol. The maximum atomic E-state index is 11.7. The summed E-state index contributed by atoms with van der Waals surface area (Å²) in [6, 6.07) is 0. The minimum Gasteiger partial charge on any atom is -0.509 e. The molecule has 0 aromatic carbocycles. The third kappa shape index (κ3) is 2.09. The van der Waals surface area contributed by atoms with Gasteiger partial charge in [-0.1, -0.05) is 0 Å². The van der Waals surface area contributed by atoms with Crippen LogP contribution in [0.4, 0.5) is 0 Å². The molecule has 0 radical (unpaired) electrons. The average Bonchev–Trinajstić information content (AvgIpc) is 2.31. The van der Waals surface area contributed by atoms with Gasteiger partial charge in [0.15, 0.2) is 23.4 Å². The van der Waals surface area contributed by atoms with E-state index >= 15 is 0 Å². The van der Waals surface area contributed by atoms with E-state index in [0.717, 1.165) is 5.94 Å². The number of hydrogen-bond acceptors (Lipinski definition) is 7. The second kappa shape index (κ2) is 4.72. The van der Waals surface area contributed by atoms with Crippen LogP contribution in [0, 0.1) is 11.8 Å². The lowest BCUT2D eigenvalue weighted by Gasteiger charge is -2.24. The van der Waals surface area contributed by atoms with Crippen LogP contribution in [0.3, 0.4) is 0 Å². The second-order valence-electron chi connectivity index (χ2n) is 3.64. The Hall–Kier alpha value is -2.60. The number of aliphatic hydroxyl groups excluding tert-OH is 2. The van der Waals surface area contributed by atoms with Crippen molar-refractivity contribution in [2.45, 2.75) is 6.42 Å². The molecule has 1 aliphatic carbocycles. The van der Waals surface area contributed by atoms with Crippen molar-refractivity contribution in [3.63, 3.8) is 0 Å². The minimum absolute atomic E-state index is 0.743. The van der Waals surface area contributed by atoms with E-state index in [1.165, 1.54) is 0 Å². The number of Topliss-reactive ketones (excluding diaryl/α,β-unsaturated/α-hetero) is 2. The summed E-state index contributed by atoms with van der Waals surface area (Å²) in [6.45, 7) is 0. The maximum absolute atomic E-state index is 11.7. The Labute approximate surface area is 100 Å². The highest BCUT2D eigenvalue weighted by Gasteiger charge is 2.45. The zero-order valence-electron chi connectivity index (χ0n) is 8.91. The molecule has 5 N–H and O–H groups in total. The first-order valence-electron chi connectivity index (χ1n) is 4.73. The molecule has 0 amide bonds. The van der Waals surface area contributed by atoms with Crippen LogP contribution in [-0.4, -0.2) is 38.8 Å². The fourth-order valence-corrected chi connectivity index (χ4v) is 1.62. The summed E-state index contributed by atoms with van der Waals surface area (Å²) in [6.07, 6.45) is -0.804. The molecule has 96 valence electrons. The zero-order valence-corrected chi connectivity index (χ0v) is 8.91. The molecule has 0 bridgehead atoms. The van der Waals surface area contributed by atoms with Gasteiger partial charge in [0, 0.05) is 0 Å². The Morgan fingerprint density at radius 1 is 1.33 bits per heavy atom. The standard InChI is InChI=1S/C10H9NO7/c11-7-9(17)3(1-5(14)15)8(16)6(10(7)18)4(13)2-12/h3,6,13,17H,1,11H2,(H,14,15). The first-order chi connectivity index (χ1) is 8.31. The molecule has 0 aliphatic heterocycles. The third-order valence-electron chi connectivity index (χ3n) is 2.52. The number of aliphatic hydroxyl groups is 2. The van der Waals surface area contributed by atoms with Crippen LogP contribution >= 0.6 is 0 Å². The lowest BCUT2D eigenvalue weighted by atomic mass is 9.79. The van der Waals surface area contributed by atoms with Crippen LogP contribution in [0.25, 0.3) is 0 Å². The normalized spacial score (nSPS) is 23.8. The predicted octanol–water partition coefficient (Wildman–Crippen LogP) is -1.15. The van der Waals surface area contributed by atoms with Gasteiger partial charge in [-0.25, -0.2) is 4.79 Å². The lowest BCUT2D eigenvalue weighted by molar-refractivity contribution is -0.143. The van der Waals surface area contributed by atoms with Gasteiger partial charge in [-0.2, -0.15) is 0 Å². The number of carboxylic acids is 1. The summed E-state index contributed by atoms with van der Waals surface area (Å²) in [5.74, 6) is -8.20. The van der Waals surface area contributed by atoms with Crippen LogP contribution in [0.1, 0.15) is 6.42 Å². The molecule has 1 aliphatic rings. The Morgan fingerprint density at radius 2 is 1.89 bits per heavy atom. The smallest absolute Gasteiger partial charge is 0.304 e. The number of aliphatic carboxylic acids is 1. The second-order valence-corrected chi connectivity index (χ2v) is 3.64. The summed E-state index contributed by atoms with van der Waals surface area (Å²) in [5, 5.41) is 27.2. The average molecular weight is 255 g/mol. The van der Waals surface area contributed by atoms with Gasteiger partial charge in [0.2, 0.25) is 5.78 Å². The summed E-state index contributed by atoms with van der Waals surface area (Å²) in [5.41, 5.74) is 4.47. The van der Waals surface area contributed by atoms with Crippen LogP contribution in [0.5, 0.6) is 0 Å². The highest BCUT2D eigenvalue weighted by molar-refractivity contribution is 6.17.